The zero-order chi connectivity index (χ0) is 38.2. The van der Waals surface area contributed by atoms with Crippen molar-refractivity contribution in [1.82, 2.24) is 9.29 Å². The highest BCUT2D eigenvalue weighted by Gasteiger charge is 2.27. The van der Waals surface area contributed by atoms with Crippen molar-refractivity contribution in [2.24, 2.45) is 0 Å². The number of nitrogens with one attached hydrogen (secondary N) is 1. The lowest BCUT2D eigenvalue weighted by Crippen LogP contribution is -2.28. The molecule has 2 N–H and O–H groups in total. The molecule has 7 aromatic rings. The number of para-hydroxylation sites is 1. The number of fused-ring (bicyclic) bond motifs is 1. The first-order chi connectivity index (χ1) is 26.8. The van der Waals surface area contributed by atoms with E-state index in [-0.39, 0.29) is 35.4 Å². The lowest BCUT2D eigenvalue weighted by Gasteiger charge is -2.25. The monoisotopic (exact) mass is 768 g/mol. The number of hydrogen-bond acceptors (Lipinski definition) is 4. The van der Waals surface area contributed by atoms with Crippen LogP contribution < -0.4 is 9.46 Å². The zero-order valence-electron chi connectivity index (χ0n) is 30.1. The van der Waals surface area contributed by atoms with Crippen LogP contribution in [0.4, 0.5) is 0 Å². The summed E-state index contributed by atoms with van der Waals surface area (Å²) in [6.45, 7) is 0.366. The molecule has 0 aliphatic carbocycles. The predicted octanol–water partition coefficient (Wildman–Crippen LogP) is 9.91. The van der Waals surface area contributed by atoms with Gasteiger partial charge in [0.15, 0.2) is 0 Å². The molecule has 0 radical (unpaired) electrons. The molecular formula is C46H41ClN2O5S. The van der Waals surface area contributed by atoms with Crippen LogP contribution in [0.3, 0.4) is 0 Å². The molecule has 0 spiro atoms. The Kier molecular flexibility index (Phi) is 11.8. The van der Waals surface area contributed by atoms with Crippen molar-refractivity contribution in [2.75, 3.05) is 6.54 Å². The van der Waals surface area contributed by atoms with Crippen molar-refractivity contribution >= 4 is 38.5 Å². The summed E-state index contributed by atoms with van der Waals surface area (Å²) in [7, 11) is -3.97. The van der Waals surface area contributed by atoms with E-state index in [0.29, 0.717) is 17.9 Å². The molecule has 0 atom stereocenters. The van der Waals surface area contributed by atoms with Gasteiger partial charge in [0.05, 0.1) is 22.1 Å². The van der Waals surface area contributed by atoms with Gasteiger partial charge in [-0.15, -0.1) is 0 Å². The van der Waals surface area contributed by atoms with E-state index in [1.807, 2.05) is 91.0 Å². The molecule has 7 nitrogen and oxygen atoms in total. The number of carbonyl (C=O) groups is 1. The van der Waals surface area contributed by atoms with E-state index in [2.05, 4.69) is 39.6 Å². The maximum absolute atomic E-state index is 14.0. The summed E-state index contributed by atoms with van der Waals surface area (Å²) < 4.78 is 39.2. The third kappa shape index (κ3) is 8.68. The Morgan fingerprint density at radius 3 is 1.96 bits per heavy atom. The fraction of sp³-hybridized carbons (Fsp3) is 0.152. The fourth-order valence-electron chi connectivity index (χ4n) is 7.24. The average Bonchev–Trinajstić information content (AvgIpc) is 3.52. The number of ether oxygens (including phenoxy) is 1. The van der Waals surface area contributed by atoms with E-state index < -0.39 is 16.0 Å². The van der Waals surface area contributed by atoms with Crippen LogP contribution >= 0.6 is 11.6 Å². The van der Waals surface area contributed by atoms with Crippen molar-refractivity contribution in [2.45, 2.75) is 43.2 Å². The Labute approximate surface area is 326 Å². The van der Waals surface area contributed by atoms with Gasteiger partial charge in [0.1, 0.15) is 17.3 Å². The lowest BCUT2D eigenvalue weighted by atomic mass is 9.97. The molecule has 278 valence electrons. The molecule has 55 heavy (non-hydrogen) atoms. The zero-order valence-corrected chi connectivity index (χ0v) is 31.7. The van der Waals surface area contributed by atoms with Gasteiger partial charge in [0.2, 0.25) is 10.0 Å². The van der Waals surface area contributed by atoms with E-state index in [1.165, 1.54) is 0 Å². The van der Waals surface area contributed by atoms with Gasteiger partial charge >= 0.3 is 5.97 Å². The molecule has 1 aromatic heterocycles. The predicted molar refractivity (Wildman–Crippen MR) is 219 cm³/mol. The average molecular weight is 769 g/mol. The molecule has 0 bridgehead atoms. The summed E-state index contributed by atoms with van der Waals surface area (Å²) in [5.74, 6) is -0.672. The Bertz CT molecular complexity index is 2450. The van der Waals surface area contributed by atoms with E-state index in [9.17, 15) is 18.3 Å². The van der Waals surface area contributed by atoms with Crippen molar-refractivity contribution in [3.05, 3.63) is 202 Å². The van der Waals surface area contributed by atoms with Crippen molar-refractivity contribution in [1.29, 1.82) is 0 Å². The van der Waals surface area contributed by atoms with E-state index in [4.69, 9.17) is 16.3 Å². The number of halogens is 1. The number of carboxylic acid groups (broad SMARTS) is 1. The maximum atomic E-state index is 14.0. The normalized spacial score (nSPS) is 11.6. The molecule has 9 heteroatoms. The van der Waals surface area contributed by atoms with Crippen LogP contribution in [0.15, 0.2) is 163 Å². The van der Waals surface area contributed by atoms with Crippen molar-refractivity contribution < 1.29 is 23.1 Å². The van der Waals surface area contributed by atoms with Gasteiger partial charge < -0.3 is 14.4 Å². The molecule has 6 aromatic carbocycles. The fourth-order valence-corrected chi connectivity index (χ4v) is 8.70. The number of aromatic nitrogens is 1. The van der Waals surface area contributed by atoms with Crippen LogP contribution in [0.2, 0.25) is 5.02 Å². The summed E-state index contributed by atoms with van der Waals surface area (Å²) in [5.41, 5.74) is 7.40. The smallest absolute Gasteiger partial charge is 0.335 e. The molecule has 0 fully saturated rings. The highest BCUT2D eigenvalue weighted by Crippen LogP contribution is 2.40. The first-order valence-corrected chi connectivity index (χ1v) is 20.1. The summed E-state index contributed by atoms with van der Waals surface area (Å²) in [5, 5.41) is 10.9. The summed E-state index contributed by atoms with van der Waals surface area (Å²) in [4.78, 5) is 11.5. The lowest BCUT2D eigenvalue weighted by molar-refractivity contribution is 0.0697. The SMILES string of the molecule is O=C(O)c1ccc(CCCc2c(CCNS(=O)(=O)c3ccccc3OCc3ccccc3)n(C(c3ccccc3)c3ccccc3)c3cccc(Cl)c23)cc1. The number of aryl methyl sites for hydroxylation is 2. The van der Waals surface area contributed by atoms with Crippen LogP contribution in [0, 0.1) is 0 Å². The van der Waals surface area contributed by atoms with Gasteiger partial charge in [-0.25, -0.2) is 17.9 Å². The second kappa shape index (κ2) is 17.2. The second-order valence-corrected chi connectivity index (χ2v) is 15.5. The number of hydrogen-bond donors (Lipinski definition) is 2. The highest BCUT2D eigenvalue weighted by atomic mass is 35.5. The first-order valence-electron chi connectivity index (χ1n) is 18.3. The van der Waals surface area contributed by atoms with Crippen molar-refractivity contribution in [3.8, 4) is 5.75 Å². The standard InChI is InChI=1S/C46H41ClN2O5S/c47-39-22-13-23-41-44(39)38(21-12-16-33-26-28-37(29-27-33)46(50)51)40(49(41)45(35-17-6-2-7-18-35)36-19-8-3-9-20-36)30-31-48-55(52,53)43-25-11-10-24-42(43)54-32-34-14-4-1-5-15-34/h1-11,13-15,17-20,22-29,45,48H,12,16,21,30-32H2,(H,50,51). The van der Waals surface area contributed by atoms with Gasteiger partial charge in [-0.1, -0.05) is 133 Å². The van der Waals surface area contributed by atoms with E-state index >= 15 is 0 Å². The van der Waals surface area contributed by atoms with E-state index in [1.54, 1.807) is 36.4 Å². The van der Waals surface area contributed by atoms with Crippen molar-refractivity contribution in [3.63, 3.8) is 0 Å². The Balaban J connectivity index is 1.26. The minimum absolute atomic E-state index is 0.0788. The van der Waals surface area contributed by atoms with Gasteiger partial charge in [0, 0.05) is 24.0 Å². The van der Waals surface area contributed by atoms with Crippen LogP contribution in [-0.2, 0) is 35.9 Å². The topological polar surface area (TPSA) is 97.6 Å². The number of sulfonamides is 1. The molecule has 0 amide bonds. The number of rotatable bonds is 16. The largest absolute Gasteiger partial charge is 0.487 e. The van der Waals surface area contributed by atoms with Gasteiger partial charge in [0.25, 0.3) is 0 Å². The first kappa shape index (κ1) is 37.6. The van der Waals surface area contributed by atoms with Crippen LogP contribution in [0.1, 0.15) is 56.3 Å². The molecular weight excluding hydrogens is 728 g/mol. The summed E-state index contributed by atoms with van der Waals surface area (Å²) in [6.07, 6.45) is 2.55. The Hall–Kier alpha value is -5.67. The minimum Gasteiger partial charge on any atom is -0.487 e. The number of carboxylic acids is 1. The molecule has 0 unspecified atom stereocenters. The molecule has 1 heterocycles. The highest BCUT2D eigenvalue weighted by molar-refractivity contribution is 7.89. The molecule has 7 rings (SSSR count). The minimum atomic E-state index is -3.97. The molecule has 0 aliphatic rings. The van der Waals surface area contributed by atoms with Gasteiger partial charge in [-0.2, -0.15) is 0 Å². The summed E-state index contributed by atoms with van der Waals surface area (Å²) >= 11 is 7.07. The number of aromatic carboxylic acids is 1. The Morgan fingerprint density at radius 2 is 1.31 bits per heavy atom. The summed E-state index contributed by atoms with van der Waals surface area (Å²) in [6, 6.07) is 49.7. The quantitative estimate of drug-likeness (QED) is 0.102. The number of benzene rings is 6. The van der Waals surface area contributed by atoms with Crippen LogP contribution in [-0.4, -0.2) is 30.6 Å². The third-order valence-corrected chi connectivity index (χ3v) is 11.6. The number of nitrogens with zero attached hydrogens (tertiary/aromatic N) is 1. The van der Waals surface area contributed by atoms with Gasteiger partial charge in [-0.05, 0) is 83.5 Å². The van der Waals surface area contributed by atoms with Crippen LogP contribution in [0.5, 0.6) is 5.75 Å². The van der Waals surface area contributed by atoms with E-state index in [0.717, 1.165) is 57.3 Å². The Morgan fingerprint density at radius 1 is 0.691 bits per heavy atom. The maximum Gasteiger partial charge on any atom is 0.335 e. The van der Waals surface area contributed by atoms with Crippen LogP contribution in [0.25, 0.3) is 10.9 Å². The molecule has 0 saturated carbocycles. The third-order valence-electron chi connectivity index (χ3n) is 9.80. The molecule has 0 aliphatic heterocycles. The molecule has 0 saturated heterocycles. The van der Waals surface area contributed by atoms with Gasteiger partial charge in [-0.3, -0.25) is 0 Å². The second-order valence-electron chi connectivity index (χ2n) is 13.4.